The molecule has 0 saturated carbocycles. The number of rotatable bonds is 11. The van der Waals surface area contributed by atoms with Crippen molar-refractivity contribution in [3.8, 4) is 0 Å². The van der Waals surface area contributed by atoms with E-state index in [9.17, 15) is 23.4 Å². The van der Waals surface area contributed by atoms with E-state index in [4.69, 9.17) is 15.2 Å². The zero-order valence-electron chi connectivity index (χ0n) is 19.7. The van der Waals surface area contributed by atoms with E-state index < -0.39 is 40.5 Å². The molecule has 0 aliphatic heterocycles. The standard InChI is InChI=1S/C22H30N4O7S/c1-5-34(31)16-9-7-6-8-15(16)21(29)33-13-17(27)25(10-11-32-4)18-19(23)26(12-14(2)3)22(30)24-20(18)28/h6-9,14H,5,10-13,23H2,1-4H3,(H,24,28,30)/t34-/m0/s1. The first kappa shape index (κ1) is 27.0. The van der Waals surface area contributed by atoms with E-state index >= 15 is 0 Å². The lowest BCUT2D eigenvalue weighted by Gasteiger charge is -2.24. The van der Waals surface area contributed by atoms with Crippen LogP contribution in [0.25, 0.3) is 0 Å². The molecule has 0 fully saturated rings. The summed E-state index contributed by atoms with van der Waals surface area (Å²) in [5, 5.41) is 0. The second-order valence-corrected chi connectivity index (χ2v) is 9.45. The third-order valence-corrected chi connectivity index (χ3v) is 6.16. The molecule has 1 aromatic carbocycles. The first-order valence-electron chi connectivity index (χ1n) is 10.7. The molecule has 0 aliphatic rings. The van der Waals surface area contributed by atoms with Gasteiger partial charge in [0.1, 0.15) is 5.82 Å². The van der Waals surface area contributed by atoms with Gasteiger partial charge in [-0.3, -0.25) is 28.2 Å². The number of ether oxygens (including phenoxy) is 2. The molecule has 0 radical (unpaired) electrons. The van der Waals surface area contributed by atoms with Crippen LogP contribution in [0.15, 0.2) is 38.8 Å². The lowest BCUT2D eigenvalue weighted by molar-refractivity contribution is -0.121. The van der Waals surface area contributed by atoms with Crippen LogP contribution in [0.1, 0.15) is 31.1 Å². The highest BCUT2D eigenvalue weighted by Crippen LogP contribution is 2.19. The first-order valence-corrected chi connectivity index (χ1v) is 12.0. The van der Waals surface area contributed by atoms with E-state index in [0.717, 1.165) is 4.90 Å². The van der Waals surface area contributed by atoms with Crippen molar-refractivity contribution < 1.29 is 23.3 Å². The maximum Gasteiger partial charge on any atom is 0.339 e. The monoisotopic (exact) mass is 494 g/mol. The number of benzene rings is 1. The number of anilines is 2. The summed E-state index contributed by atoms with van der Waals surface area (Å²) in [6.45, 7) is 4.95. The molecular formula is C22H30N4O7S. The highest BCUT2D eigenvalue weighted by Gasteiger charge is 2.26. The Morgan fingerprint density at radius 1 is 1.24 bits per heavy atom. The normalized spacial score (nSPS) is 11.9. The Balaban J connectivity index is 2.35. The molecule has 1 heterocycles. The summed E-state index contributed by atoms with van der Waals surface area (Å²) in [6.07, 6.45) is 0. The average molecular weight is 495 g/mol. The van der Waals surface area contributed by atoms with E-state index in [1.165, 1.54) is 17.7 Å². The largest absolute Gasteiger partial charge is 0.452 e. The van der Waals surface area contributed by atoms with Crippen molar-refractivity contribution in [1.29, 1.82) is 0 Å². The number of aromatic nitrogens is 2. The van der Waals surface area contributed by atoms with Gasteiger partial charge in [-0.25, -0.2) is 9.59 Å². The highest BCUT2D eigenvalue weighted by atomic mass is 32.2. The molecule has 11 nitrogen and oxygen atoms in total. The van der Waals surface area contributed by atoms with Crippen LogP contribution in [0.2, 0.25) is 0 Å². The van der Waals surface area contributed by atoms with Crippen molar-refractivity contribution >= 4 is 34.2 Å². The Hall–Kier alpha value is -3.25. The zero-order chi connectivity index (χ0) is 25.4. The fourth-order valence-electron chi connectivity index (χ4n) is 3.20. The number of nitrogens with zero attached hydrogens (tertiary/aromatic N) is 2. The number of hydrogen-bond acceptors (Lipinski definition) is 8. The second kappa shape index (κ2) is 12.3. The van der Waals surface area contributed by atoms with Crippen molar-refractivity contribution in [3.05, 3.63) is 50.7 Å². The van der Waals surface area contributed by atoms with E-state index in [1.54, 1.807) is 25.1 Å². The molecule has 2 rings (SSSR count). The summed E-state index contributed by atoms with van der Waals surface area (Å²) in [6, 6.07) is 6.26. The molecule has 0 unspecified atom stereocenters. The lowest BCUT2D eigenvalue weighted by atomic mass is 10.2. The first-order chi connectivity index (χ1) is 16.1. The molecule has 186 valence electrons. The van der Waals surface area contributed by atoms with Gasteiger partial charge in [0.05, 0.1) is 27.9 Å². The Morgan fingerprint density at radius 3 is 2.53 bits per heavy atom. The van der Waals surface area contributed by atoms with Crippen LogP contribution in [-0.2, 0) is 31.6 Å². The third kappa shape index (κ3) is 6.41. The fourth-order valence-corrected chi connectivity index (χ4v) is 4.14. The van der Waals surface area contributed by atoms with E-state index in [2.05, 4.69) is 4.98 Å². The van der Waals surface area contributed by atoms with Crippen LogP contribution in [0.3, 0.4) is 0 Å². The van der Waals surface area contributed by atoms with E-state index in [1.807, 2.05) is 13.8 Å². The summed E-state index contributed by atoms with van der Waals surface area (Å²) in [5.74, 6) is -1.41. The van der Waals surface area contributed by atoms with Gasteiger partial charge in [0.15, 0.2) is 12.3 Å². The topological polar surface area (TPSA) is 154 Å². The molecule has 1 aromatic heterocycles. The number of H-pyrrole nitrogens is 1. The Kier molecular flexibility index (Phi) is 9.75. The van der Waals surface area contributed by atoms with Crippen LogP contribution in [0.4, 0.5) is 11.5 Å². The van der Waals surface area contributed by atoms with Crippen LogP contribution < -0.4 is 21.9 Å². The molecule has 1 amide bonds. The van der Waals surface area contributed by atoms with Crippen molar-refractivity contribution in [2.45, 2.75) is 32.2 Å². The molecule has 12 heteroatoms. The smallest absolute Gasteiger partial charge is 0.339 e. The van der Waals surface area contributed by atoms with Gasteiger partial charge in [-0.15, -0.1) is 0 Å². The van der Waals surface area contributed by atoms with Crippen molar-refractivity contribution in [2.24, 2.45) is 5.92 Å². The molecule has 0 aliphatic carbocycles. The van der Waals surface area contributed by atoms with Gasteiger partial charge in [0.2, 0.25) is 0 Å². The van der Waals surface area contributed by atoms with Gasteiger partial charge < -0.3 is 15.2 Å². The summed E-state index contributed by atoms with van der Waals surface area (Å²) >= 11 is 0. The van der Waals surface area contributed by atoms with Crippen LogP contribution >= 0.6 is 0 Å². The minimum absolute atomic E-state index is 0.0385. The number of nitrogen functional groups attached to an aromatic ring is 1. The molecule has 0 spiro atoms. The molecule has 1 atom stereocenters. The molecule has 2 aromatic rings. The predicted octanol–water partition coefficient (Wildman–Crippen LogP) is 0.739. The quantitative estimate of drug-likeness (QED) is 0.434. The number of methoxy groups -OCH3 is 1. The number of esters is 1. The number of carbonyl (C=O) groups is 2. The predicted molar refractivity (Wildman–Crippen MR) is 128 cm³/mol. The molecule has 0 bridgehead atoms. The van der Waals surface area contributed by atoms with Crippen LogP contribution in [-0.4, -0.2) is 58.3 Å². The number of amides is 1. The zero-order valence-corrected chi connectivity index (χ0v) is 20.5. The minimum atomic E-state index is -1.40. The van der Waals surface area contributed by atoms with Gasteiger partial charge in [-0.05, 0) is 18.1 Å². The summed E-state index contributed by atoms with van der Waals surface area (Å²) in [5.41, 5.74) is 4.45. The van der Waals surface area contributed by atoms with Crippen LogP contribution in [0, 0.1) is 5.92 Å². The number of nitrogens with two attached hydrogens (primary N) is 1. The number of carbonyl (C=O) groups excluding carboxylic acids is 2. The Morgan fingerprint density at radius 2 is 1.91 bits per heavy atom. The van der Waals surface area contributed by atoms with E-state index in [-0.39, 0.29) is 42.7 Å². The summed E-state index contributed by atoms with van der Waals surface area (Å²) in [4.78, 5) is 54.0. The average Bonchev–Trinajstić information content (AvgIpc) is 2.81. The fraction of sp³-hybridized carbons (Fsp3) is 0.455. The SMILES string of the molecule is CC[S@](=O)c1ccccc1C(=O)OCC(=O)N(CCOC)c1c(N)n(CC(C)C)c(=O)[nH]c1=O. The van der Waals surface area contributed by atoms with Crippen molar-refractivity contribution in [3.63, 3.8) is 0 Å². The second-order valence-electron chi connectivity index (χ2n) is 7.74. The van der Waals surface area contributed by atoms with Crippen LogP contribution in [0.5, 0.6) is 0 Å². The Labute approximate surface area is 199 Å². The van der Waals surface area contributed by atoms with Gasteiger partial charge in [0.25, 0.3) is 11.5 Å². The maximum absolute atomic E-state index is 13.0. The number of nitrogens with one attached hydrogen (secondary N) is 1. The van der Waals surface area contributed by atoms with Gasteiger partial charge in [0, 0.05) is 26.0 Å². The maximum atomic E-state index is 13.0. The molecule has 3 N–H and O–H groups in total. The number of aromatic amines is 1. The molecule has 0 saturated heterocycles. The van der Waals surface area contributed by atoms with Gasteiger partial charge >= 0.3 is 11.7 Å². The summed E-state index contributed by atoms with van der Waals surface area (Å²) in [7, 11) is 0.0145. The van der Waals surface area contributed by atoms with Crippen molar-refractivity contribution in [2.75, 3.05) is 43.3 Å². The molecule has 34 heavy (non-hydrogen) atoms. The summed E-state index contributed by atoms with van der Waals surface area (Å²) < 4.78 is 23.6. The minimum Gasteiger partial charge on any atom is -0.452 e. The number of hydrogen-bond donors (Lipinski definition) is 2. The highest BCUT2D eigenvalue weighted by molar-refractivity contribution is 7.85. The van der Waals surface area contributed by atoms with Gasteiger partial charge in [-0.1, -0.05) is 32.9 Å². The molecular weight excluding hydrogens is 464 g/mol. The Bertz CT molecular complexity index is 1170. The van der Waals surface area contributed by atoms with Crippen molar-refractivity contribution in [1.82, 2.24) is 9.55 Å². The van der Waals surface area contributed by atoms with E-state index in [0.29, 0.717) is 10.6 Å². The third-order valence-electron chi connectivity index (χ3n) is 4.79. The lowest BCUT2D eigenvalue weighted by Crippen LogP contribution is -2.44. The van der Waals surface area contributed by atoms with Gasteiger partial charge in [-0.2, -0.15) is 0 Å².